The minimum atomic E-state index is -0.431. The fourth-order valence-corrected chi connectivity index (χ4v) is 3.49. The van der Waals surface area contributed by atoms with Crippen LogP contribution < -0.4 is 5.01 Å². The van der Waals surface area contributed by atoms with Crippen LogP contribution in [0.15, 0.2) is 90.0 Å². The lowest BCUT2D eigenvalue weighted by molar-refractivity contribution is -0.385. The molecule has 1 heterocycles. The Balaban J connectivity index is 1.65. The van der Waals surface area contributed by atoms with Crippen molar-refractivity contribution in [3.05, 3.63) is 116 Å². The normalized spacial score (nSPS) is 15.8. The minimum absolute atomic E-state index is 0.0240. The molecule has 0 saturated carbocycles. The standard InChI is InChI=1S/C23H18N4O4/c28-26(29)21-10-4-6-17(14-21)12-13-19-16-23(18-7-5-11-22(15-18)27(30)31)25(24-19)20-8-2-1-3-9-20/h1-15,23H,16H2/b13-12+/t23-/m0/s1. The van der Waals surface area contributed by atoms with Crippen molar-refractivity contribution in [2.24, 2.45) is 5.10 Å². The number of hydrazone groups is 1. The van der Waals surface area contributed by atoms with Gasteiger partial charge >= 0.3 is 0 Å². The third kappa shape index (κ3) is 4.48. The number of hydrogen-bond acceptors (Lipinski definition) is 6. The number of nitro groups is 2. The van der Waals surface area contributed by atoms with Crippen LogP contribution in [0.2, 0.25) is 0 Å². The van der Waals surface area contributed by atoms with E-state index >= 15 is 0 Å². The molecule has 0 N–H and O–H groups in total. The highest BCUT2D eigenvalue weighted by molar-refractivity contribution is 6.01. The van der Waals surface area contributed by atoms with Crippen LogP contribution in [0.3, 0.4) is 0 Å². The molecule has 3 aromatic carbocycles. The molecule has 1 atom stereocenters. The van der Waals surface area contributed by atoms with Crippen molar-refractivity contribution < 1.29 is 9.85 Å². The van der Waals surface area contributed by atoms with E-state index in [0.717, 1.165) is 17.0 Å². The maximum absolute atomic E-state index is 11.2. The molecule has 0 amide bonds. The average Bonchev–Trinajstić information content (AvgIpc) is 3.23. The predicted octanol–water partition coefficient (Wildman–Crippen LogP) is 5.52. The lowest BCUT2D eigenvalue weighted by Gasteiger charge is -2.23. The van der Waals surface area contributed by atoms with Gasteiger partial charge in [0.15, 0.2) is 0 Å². The van der Waals surface area contributed by atoms with Gasteiger partial charge in [0.25, 0.3) is 11.4 Å². The molecular weight excluding hydrogens is 396 g/mol. The van der Waals surface area contributed by atoms with Crippen LogP contribution in [0.25, 0.3) is 6.08 Å². The van der Waals surface area contributed by atoms with Crippen LogP contribution in [0.4, 0.5) is 17.1 Å². The first-order chi connectivity index (χ1) is 15.0. The van der Waals surface area contributed by atoms with Gasteiger partial charge in [-0.25, -0.2) is 0 Å². The summed E-state index contributed by atoms with van der Waals surface area (Å²) < 4.78 is 0. The Hall–Kier alpha value is -4.33. The summed E-state index contributed by atoms with van der Waals surface area (Å²) in [7, 11) is 0. The molecule has 3 aromatic rings. The van der Waals surface area contributed by atoms with Crippen molar-refractivity contribution in [2.75, 3.05) is 5.01 Å². The highest BCUT2D eigenvalue weighted by Gasteiger charge is 2.29. The number of allylic oxidation sites excluding steroid dienone is 1. The zero-order valence-electron chi connectivity index (χ0n) is 16.4. The quantitative estimate of drug-likeness (QED) is 0.390. The molecule has 0 saturated heterocycles. The van der Waals surface area contributed by atoms with E-state index in [1.54, 1.807) is 30.3 Å². The average molecular weight is 414 g/mol. The fourth-order valence-electron chi connectivity index (χ4n) is 3.49. The Morgan fingerprint density at radius 1 is 0.839 bits per heavy atom. The van der Waals surface area contributed by atoms with Crippen LogP contribution in [-0.2, 0) is 0 Å². The number of anilines is 1. The lowest BCUT2D eigenvalue weighted by Crippen LogP contribution is -2.18. The molecule has 31 heavy (non-hydrogen) atoms. The molecule has 4 rings (SSSR count). The van der Waals surface area contributed by atoms with E-state index in [9.17, 15) is 20.2 Å². The van der Waals surface area contributed by atoms with Gasteiger partial charge in [-0.05, 0) is 29.3 Å². The molecular formula is C23H18N4O4. The van der Waals surface area contributed by atoms with Crippen LogP contribution >= 0.6 is 0 Å². The molecule has 0 fully saturated rings. The summed E-state index contributed by atoms with van der Waals surface area (Å²) >= 11 is 0. The SMILES string of the molecule is O=[N+]([O-])c1cccc(/C=C/C2=NN(c3ccccc3)[C@H](c3cccc([N+](=O)[O-])c3)C2)c1. The van der Waals surface area contributed by atoms with E-state index in [1.807, 2.05) is 47.5 Å². The summed E-state index contributed by atoms with van der Waals surface area (Å²) in [6, 6.07) is 22.3. The molecule has 0 spiro atoms. The van der Waals surface area contributed by atoms with Gasteiger partial charge in [-0.3, -0.25) is 25.2 Å². The highest BCUT2D eigenvalue weighted by Crippen LogP contribution is 2.36. The second-order valence-electron chi connectivity index (χ2n) is 7.03. The number of hydrogen-bond donors (Lipinski definition) is 0. The van der Waals surface area contributed by atoms with E-state index in [1.165, 1.54) is 18.2 Å². The van der Waals surface area contributed by atoms with Crippen molar-refractivity contribution in [1.82, 2.24) is 0 Å². The van der Waals surface area contributed by atoms with Crippen LogP contribution in [0, 0.1) is 20.2 Å². The Kier molecular flexibility index (Phi) is 5.53. The number of nitro benzene ring substituents is 2. The topological polar surface area (TPSA) is 102 Å². The van der Waals surface area contributed by atoms with Gasteiger partial charge < -0.3 is 0 Å². The first kappa shape index (κ1) is 20.0. The number of para-hydroxylation sites is 1. The third-order valence-corrected chi connectivity index (χ3v) is 4.97. The lowest BCUT2D eigenvalue weighted by atomic mass is 10.0. The predicted molar refractivity (Wildman–Crippen MR) is 119 cm³/mol. The van der Waals surface area contributed by atoms with Crippen molar-refractivity contribution in [2.45, 2.75) is 12.5 Å². The molecule has 1 aliphatic rings. The van der Waals surface area contributed by atoms with Gasteiger partial charge in [0, 0.05) is 30.7 Å². The van der Waals surface area contributed by atoms with E-state index in [0.29, 0.717) is 12.0 Å². The zero-order chi connectivity index (χ0) is 21.8. The van der Waals surface area contributed by atoms with Crippen LogP contribution in [0.1, 0.15) is 23.6 Å². The smallest absolute Gasteiger partial charge is 0.258 e. The largest absolute Gasteiger partial charge is 0.270 e. The summed E-state index contributed by atoms with van der Waals surface area (Å²) in [5.74, 6) is 0. The Morgan fingerprint density at radius 3 is 2.23 bits per heavy atom. The number of nitrogens with zero attached hydrogens (tertiary/aromatic N) is 4. The van der Waals surface area contributed by atoms with Crippen LogP contribution in [-0.4, -0.2) is 15.6 Å². The third-order valence-electron chi connectivity index (χ3n) is 4.97. The van der Waals surface area contributed by atoms with Gasteiger partial charge in [0.05, 0.1) is 27.3 Å². The Labute approximate surface area is 178 Å². The second kappa shape index (κ2) is 8.58. The summed E-state index contributed by atoms with van der Waals surface area (Å²) in [5, 5.41) is 28.8. The van der Waals surface area contributed by atoms with Crippen molar-refractivity contribution in [3.63, 3.8) is 0 Å². The second-order valence-corrected chi connectivity index (χ2v) is 7.03. The van der Waals surface area contributed by atoms with Gasteiger partial charge in [0.2, 0.25) is 0 Å². The van der Waals surface area contributed by atoms with E-state index < -0.39 is 9.85 Å². The summed E-state index contributed by atoms with van der Waals surface area (Å²) in [6.45, 7) is 0. The highest BCUT2D eigenvalue weighted by atomic mass is 16.6. The van der Waals surface area contributed by atoms with Crippen molar-refractivity contribution in [3.8, 4) is 0 Å². The van der Waals surface area contributed by atoms with Gasteiger partial charge in [-0.2, -0.15) is 5.10 Å². The van der Waals surface area contributed by atoms with E-state index in [-0.39, 0.29) is 17.4 Å². The molecule has 1 aliphatic heterocycles. The number of benzene rings is 3. The Morgan fingerprint density at radius 2 is 1.52 bits per heavy atom. The Bertz CT molecular complexity index is 1190. The van der Waals surface area contributed by atoms with Gasteiger partial charge in [-0.1, -0.05) is 48.5 Å². The summed E-state index contributed by atoms with van der Waals surface area (Å²) in [4.78, 5) is 21.4. The fraction of sp³-hybridized carbons (Fsp3) is 0.0870. The molecule has 0 bridgehead atoms. The summed E-state index contributed by atoms with van der Waals surface area (Å²) in [6.07, 6.45) is 4.15. The zero-order valence-corrected chi connectivity index (χ0v) is 16.4. The monoisotopic (exact) mass is 414 g/mol. The van der Waals surface area contributed by atoms with Crippen molar-refractivity contribution >= 4 is 28.8 Å². The van der Waals surface area contributed by atoms with Gasteiger partial charge in [-0.15, -0.1) is 0 Å². The molecule has 8 nitrogen and oxygen atoms in total. The molecule has 8 heteroatoms. The molecule has 0 aliphatic carbocycles. The van der Waals surface area contributed by atoms with Crippen LogP contribution in [0.5, 0.6) is 0 Å². The molecule has 0 unspecified atom stereocenters. The number of non-ortho nitro benzene ring substituents is 2. The summed E-state index contributed by atoms with van der Waals surface area (Å²) in [5.41, 5.74) is 3.19. The molecule has 154 valence electrons. The maximum atomic E-state index is 11.2. The number of rotatable bonds is 6. The van der Waals surface area contributed by atoms with Crippen molar-refractivity contribution in [1.29, 1.82) is 0 Å². The maximum Gasteiger partial charge on any atom is 0.270 e. The first-order valence-electron chi connectivity index (χ1n) is 9.60. The molecule has 0 aromatic heterocycles. The van der Waals surface area contributed by atoms with E-state index in [2.05, 4.69) is 0 Å². The first-order valence-corrected chi connectivity index (χ1v) is 9.60. The molecule has 0 radical (unpaired) electrons. The van der Waals surface area contributed by atoms with Gasteiger partial charge in [0.1, 0.15) is 0 Å². The minimum Gasteiger partial charge on any atom is -0.258 e. The van der Waals surface area contributed by atoms with E-state index in [4.69, 9.17) is 5.10 Å².